The van der Waals surface area contributed by atoms with E-state index in [2.05, 4.69) is 4.98 Å². The highest BCUT2D eigenvalue weighted by molar-refractivity contribution is 5.79. The van der Waals surface area contributed by atoms with Crippen molar-refractivity contribution in [3.8, 4) is 0 Å². The van der Waals surface area contributed by atoms with Gasteiger partial charge >= 0.3 is 0 Å². The molecule has 1 unspecified atom stereocenters. The molecule has 1 fully saturated rings. The summed E-state index contributed by atoms with van der Waals surface area (Å²) in [5.41, 5.74) is 6.78. The number of nitrogens with zero attached hydrogens (tertiary/aromatic N) is 2. The second kappa shape index (κ2) is 6.47. The molecular weight excluding hydrogens is 230 g/mol. The van der Waals surface area contributed by atoms with Crippen molar-refractivity contribution in [3.63, 3.8) is 0 Å². The van der Waals surface area contributed by atoms with Crippen molar-refractivity contribution in [2.75, 3.05) is 32.8 Å². The van der Waals surface area contributed by atoms with E-state index in [-0.39, 0.29) is 11.8 Å². The monoisotopic (exact) mass is 249 g/mol. The predicted octanol–water partition coefficient (Wildman–Crippen LogP) is 0.0578. The third-order valence-corrected chi connectivity index (χ3v) is 3.16. The SMILES string of the molecule is NCC(Cc1cccnc1)C(=O)N1CCOCC1. The second-order valence-electron chi connectivity index (χ2n) is 4.44. The quantitative estimate of drug-likeness (QED) is 0.819. The van der Waals surface area contributed by atoms with Crippen LogP contribution in [0.4, 0.5) is 0 Å². The fourth-order valence-electron chi connectivity index (χ4n) is 2.12. The van der Waals surface area contributed by atoms with Crippen molar-refractivity contribution in [2.24, 2.45) is 11.7 Å². The highest BCUT2D eigenvalue weighted by atomic mass is 16.5. The zero-order valence-electron chi connectivity index (χ0n) is 10.4. The van der Waals surface area contributed by atoms with Crippen LogP contribution >= 0.6 is 0 Å². The Kier molecular flexibility index (Phi) is 4.66. The molecule has 0 saturated carbocycles. The lowest BCUT2D eigenvalue weighted by Crippen LogP contribution is -2.45. The van der Waals surface area contributed by atoms with Gasteiger partial charge in [0.15, 0.2) is 0 Å². The van der Waals surface area contributed by atoms with Crippen LogP contribution in [0, 0.1) is 5.92 Å². The fraction of sp³-hybridized carbons (Fsp3) is 0.538. The molecule has 5 nitrogen and oxygen atoms in total. The lowest BCUT2D eigenvalue weighted by Gasteiger charge is -2.30. The molecule has 98 valence electrons. The smallest absolute Gasteiger partial charge is 0.227 e. The van der Waals surface area contributed by atoms with E-state index in [4.69, 9.17) is 10.5 Å². The number of pyridine rings is 1. The Bertz CT molecular complexity index is 377. The van der Waals surface area contributed by atoms with Crippen LogP contribution < -0.4 is 5.73 Å². The highest BCUT2D eigenvalue weighted by Gasteiger charge is 2.24. The third-order valence-electron chi connectivity index (χ3n) is 3.16. The van der Waals surface area contributed by atoms with E-state index < -0.39 is 0 Å². The van der Waals surface area contributed by atoms with Crippen molar-refractivity contribution in [1.29, 1.82) is 0 Å². The predicted molar refractivity (Wildman–Crippen MR) is 67.9 cm³/mol. The number of ether oxygens (including phenoxy) is 1. The van der Waals surface area contributed by atoms with Crippen LogP contribution in [-0.4, -0.2) is 48.6 Å². The van der Waals surface area contributed by atoms with Gasteiger partial charge < -0.3 is 15.4 Å². The van der Waals surface area contributed by atoms with E-state index in [9.17, 15) is 4.79 Å². The minimum atomic E-state index is -0.160. The third kappa shape index (κ3) is 3.27. The topological polar surface area (TPSA) is 68.5 Å². The Labute approximate surface area is 107 Å². The Morgan fingerprint density at radius 2 is 2.28 bits per heavy atom. The summed E-state index contributed by atoms with van der Waals surface area (Å²) in [5.74, 6) is -0.0306. The Hall–Kier alpha value is -1.46. The molecule has 1 aliphatic rings. The molecule has 2 heterocycles. The molecule has 2 N–H and O–H groups in total. The lowest BCUT2D eigenvalue weighted by atomic mass is 9.99. The summed E-state index contributed by atoms with van der Waals surface area (Å²) < 4.78 is 5.25. The first kappa shape index (κ1) is 13.0. The minimum Gasteiger partial charge on any atom is -0.378 e. The summed E-state index contributed by atoms with van der Waals surface area (Å²) >= 11 is 0. The summed E-state index contributed by atoms with van der Waals surface area (Å²) in [6, 6.07) is 3.85. The summed E-state index contributed by atoms with van der Waals surface area (Å²) in [7, 11) is 0. The fourth-order valence-corrected chi connectivity index (χ4v) is 2.12. The van der Waals surface area contributed by atoms with Gasteiger partial charge in [0, 0.05) is 32.0 Å². The summed E-state index contributed by atoms with van der Waals surface area (Å²) in [5, 5.41) is 0. The van der Waals surface area contributed by atoms with Gasteiger partial charge in [-0.3, -0.25) is 9.78 Å². The van der Waals surface area contributed by atoms with Gasteiger partial charge in [-0.2, -0.15) is 0 Å². The molecule has 0 aromatic carbocycles. The first-order valence-corrected chi connectivity index (χ1v) is 6.26. The maximum atomic E-state index is 12.3. The molecule has 1 aliphatic heterocycles. The first-order chi connectivity index (χ1) is 8.81. The maximum Gasteiger partial charge on any atom is 0.227 e. The van der Waals surface area contributed by atoms with Gasteiger partial charge in [-0.15, -0.1) is 0 Å². The number of rotatable bonds is 4. The van der Waals surface area contributed by atoms with Crippen molar-refractivity contribution in [2.45, 2.75) is 6.42 Å². The van der Waals surface area contributed by atoms with Gasteiger partial charge in [-0.1, -0.05) is 6.07 Å². The number of morpholine rings is 1. The van der Waals surface area contributed by atoms with Crippen LogP contribution in [0.15, 0.2) is 24.5 Å². The van der Waals surface area contributed by atoms with Crippen LogP contribution in [0.25, 0.3) is 0 Å². The van der Waals surface area contributed by atoms with Crippen LogP contribution in [0.5, 0.6) is 0 Å². The van der Waals surface area contributed by atoms with E-state index in [1.807, 2.05) is 17.0 Å². The molecule has 0 aliphatic carbocycles. The molecule has 1 aromatic rings. The molecule has 1 aromatic heterocycles. The van der Waals surface area contributed by atoms with Gasteiger partial charge in [0.2, 0.25) is 5.91 Å². The van der Waals surface area contributed by atoms with E-state index in [1.165, 1.54) is 0 Å². The molecule has 5 heteroatoms. The van der Waals surface area contributed by atoms with E-state index in [0.29, 0.717) is 39.3 Å². The van der Waals surface area contributed by atoms with Gasteiger partial charge in [0.25, 0.3) is 0 Å². The van der Waals surface area contributed by atoms with E-state index >= 15 is 0 Å². The van der Waals surface area contributed by atoms with E-state index in [1.54, 1.807) is 12.4 Å². The summed E-state index contributed by atoms with van der Waals surface area (Å²) in [4.78, 5) is 18.2. The van der Waals surface area contributed by atoms with E-state index in [0.717, 1.165) is 5.56 Å². The standard InChI is InChI=1S/C13H19N3O2/c14-9-12(8-11-2-1-3-15-10-11)13(17)16-4-6-18-7-5-16/h1-3,10,12H,4-9,14H2. The van der Waals surface area contributed by atoms with Crippen LogP contribution in [-0.2, 0) is 16.0 Å². The molecule has 1 atom stereocenters. The number of carbonyl (C=O) groups is 1. The second-order valence-corrected chi connectivity index (χ2v) is 4.44. The van der Waals surface area contributed by atoms with Gasteiger partial charge in [0.05, 0.1) is 19.1 Å². The van der Waals surface area contributed by atoms with Crippen molar-refractivity contribution < 1.29 is 9.53 Å². The Morgan fingerprint density at radius 1 is 1.50 bits per heavy atom. The van der Waals surface area contributed by atoms with Crippen LogP contribution in [0.1, 0.15) is 5.56 Å². The molecule has 18 heavy (non-hydrogen) atoms. The van der Waals surface area contributed by atoms with Crippen molar-refractivity contribution >= 4 is 5.91 Å². The molecule has 0 spiro atoms. The molecular formula is C13H19N3O2. The maximum absolute atomic E-state index is 12.3. The number of nitrogens with two attached hydrogens (primary N) is 1. The Morgan fingerprint density at radius 3 is 2.89 bits per heavy atom. The number of hydrogen-bond donors (Lipinski definition) is 1. The van der Waals surface area contributed by atoms with Crippen LogP contribution in [0.2, 0.25) is 0 Å². The van der Waals surface area contributed by atoms with Gasteiger partial charge in [0.1, 0.15) is 0 Å². The molecule has 0 bridgehead atoms. The number of hydrogen-bond acceptors (Lipinski definition) is 4. The first-order valence-electron chi connectivity index (χ1n) is 6.26. The molecule has 1 amide bonds. The molecule has 0 radical (unpaired) electrons. The Balaban J connectivity index is 1.97. The molecule has 2 rings (SSSR count). The average molecular weight is 249 g/mol. The highest BCUT2D eigenvalue weighted by Crippen LogP contribution is 2.11. The summed E-state index contributed by atoms with van der Waals surface area (Å²) in [6.07, 6.45) is 4.17. The lowest BCUT2D eigenvalue weighted by molar-refractivity contribution is -0.139. The van der Waals surface area contributed by atoms with Crippen molar-refractivity contribution in [1.82, 2.24) is 9.88 Å². The number of amides is 1. The zero-order chi connectivity index (χ0) is 12.8. The van der Waals surface area contributed by atoms with Crippen molar-refractivity contribution in [3.05, 3.63) is 30.1 Å². The number of carbonyl (C=O) groups excluding carboxylic acids is 1. The minimum absolute atomic E-state index is 0.129. The van der Waals surface area contributed by atoms with Gasteiger partial charge in [-0.25, -0.2) is 0 Å². The molecule has 1 saturated heterocycles. The van der Waals surface area contributed by atoms with Gasteiger partial charge in [-0.05, 0) is 18.1 Å². The normalized spacial score (nSPS) is 17.5. The average Bonchev–Trinajstić information content (AvgIpc) is 2.46. The number of aromatic nitrogens is 1. The summed E-state index contributed by atoms with van der Waals surface area (Å²) in [6.45, 7) is 2.95. The largest absolute Gasteiger partial charge is 0.378 e. The van der Waals surface area contributed by atoms with Crippen LogP contribution in [0.3, 0.4) is 0 Å². The zero-order valence-corrected chi connectivity index (χ0v) is 10.4.